The van der Waals surface area contributed by atoms with Crippen molar-refractivity contribution < 1.29 is 13.5 Å². The molecule has 2 unspecified atom stereocenters. The molecule has 0 aliphatic heterocycles. The van der Waals surface area contributed by atoms with Gasteiger partial charge in [0.2, 0.25) is 10.0 Å². The molecule has 5 heteroatoms. The van der Waals surface area contributed by atoms with Crippen molar-refractivity contribution in [2.75, 3.05) is 12.3 Å². The Morgan fingerprint density at radius 3 is 2.31 bits per heavy atom. The Bertz CT molecular complexity index is 224. The van der Waals surface area contributed by atoms with Crippen LogP contribution in [0.1, 0.15) is 27.2 Å². The van der Waals surface area contributed by atoms with Crippen LogP contribution in [0.15, 0.2) is 0 Å². The lowest BCUT2D eigenvalue weighted by Crippen LogP contribution is -2.30. The zero-order valence-electron chi connectivity index (χ0n) is 8.45. The second-order valence-corrected chi connectivity index (χ2v) is 5.54. The number of rotatable bonds is 6. The van der Waals surface area contributed by atoms with Crippen molar-refractivity contribution in [1.82, 2.24) is 4.72 Å². The Kier molecular flexibility index (Phi) is 5.51. The van der Waals surface area contributed by atoms with Gasteiger partial charge in [-0.15, -0.1) is 0 Å². The standard InChI is InChI=1S/C8H19NO3S/c1-4-13(11,12)9-6-7(2)5-8(3)10/h7-10H,4-6H2,1-3H3. The summed E-state index contributed by atoms with van der Waals surface area (Å²) in [5.74, 6) is 0.273. The smallest absolute Gasteiger partial charge is 0.211 e. The molecule has 0 aromatic rings. The van der Waals surface area contributed by atoms with E-state index in [9.17, 15) is 8.42 Å². The van der Waals surface area contributed by atoms with Gasteiger partial charge in [0, 0.05) is 6.54 Å². The molecule has 0 aliphatic carbocycles. The quantitative estimate of drug-likeness (QED) is 0.662. The Hall–Kier alpha value is -0.130. The van der Waals surface area contributed by atoms with Gasteiger partial charge < -0.3 is 5.11 Å². The van der Waals surface area contributed by atoms with Gasteiger partial charge in [0.15, 0.2) is 0 Å². The molecule has 80 valence electrons. The van der Waals surface area contributed by atoms with E-state index < -0.39 is 10.0 Å². The predicted octanol–water partition coefficient (Wildman–Crippen LogP) is 0.333. The summed E-state index contributed by atoms with van der Waals surface area (Å²) in [5.41, 5.74) is 0. The fraction of sp³-hybridized carbons (Fsp3) is 1.00. The van der Waals surface area contributed by atoms with Crippen molar-refractivity contribution in [3.8, 4) is 0 Å². The van der Waals surface area contributed by atoms with Gasteiger partial charge in [-0.3, -0.25) is 0 Å². The zero-order valence-corrected chi connectivity index (χ0v) is 9.26. The molecular formula is C8H19NO3S. The first kappa shape index (κ1) is 12.9. The molecule has 0 heterocycles. The van der Waals surface area contributed by atoms with Gasteiger partial charge in [0.1, 0.15) is 0 Å². The van der Waals surface area contributed by atoms with Crippen molar-refractivity contribution >= 4 is 10.0 Å². The topological polar surface area (TPSA) is 66.4 Å². The van der Waals surface area contributed by atoms with Gasteiger partial charge in [-0.2, -0.15) is 0 Å². The Balaban J connectivity index is 3.77. The zero-order chi connectivity index (χ0) is 10.5. The second-order valence-electron chi connectivity index (χ2n) is 3.44. The van der Waals surface area contributed by atoms with Crippen LogP contribution in [0, 0.1) is 5.92 Å². The molecule has 4 nitrogen and oxygen atoms in total. The SMILES string of the molecule is CCS(=O)(=O)NCC(C)CC(C)O. The van der Waals surface area contributed by atoms with E-state index in [4.69, 9.17) is 5.11 Å². The fourth-order valence-electron chi connectivity index (χ4n) is 1.04. The van der Waals surface area contributed by atoms with Gasteiger partial charge in [-0.1, -0.05) is 6.92 Å². The van der Waals surface area contributed by atoms with E-state index in [2.05, 4.69) is 4.72 Å². The number of aliphatic hydroxyl groups excluding tert-OH is 1. The third-order valence-corrected chi connectivity index (χ3v) is 3.14. The van der Waals surface area contributed by atoms with Crippen molar-refractivity contribution in [1.29, 1.82) is 0 Å². The summed E-state index contributed by atoms with van der Waals surface area (Å²) >= 11 is 0. The number of sulfonamides is 1. The summed E-state index contributed by atoms with van der Waals surface area (Å²) in [4.78, 5) is 0. The minimum absolute atomic E-state index is 0.106. The molecular weight excluding hydrogens is 190 g/mol. The average molecular weight is 209 g/mol. The highest BCUT2D eigenvalue weighted by molar-refractivity contribution is 7.89. The van der Waals surface area contributed by atoms with Crippen LogP contribution in [-0.4, -0.2) is 31.9 Å². The third-order valence-electron chi connectivity index (χ3n) is 1.78. The molecule has 0 aromatic heterocycles. The Morgan fingerprint density at radius 2 is 1.92 bits per heavy atom. The summed E-state index contributed by atoms with van der Waals surface area (Å²) < 4.78 is 24.5. The van der Waals surface area contributed by atoms with Crippen molar-refractivity contribution in [3.05, 3.63) is 0 Å². The molecule has 0 saturated heterocycles. The normalized spacial score (nSPS) is 16.9. The van der Waals surface area contributed by atoms with E-state index >= 15 is 0 Å². The van der Waals surface area contributed by atoms with Crippen LogP contribution < -0.4 is 4.72 Å². The maximum Gasteiger partial charge on any atom is 0.211 e. The molecule has 0 fully saturated rings. The molecule has 0 aromatic carbocycles. The van der Waals surface area contributed by atoms with Crippen LogP contribution in [0.3, 0.4) is 0 Å². The molecule has 0 spiro atoms. The maximum absolute atomic E-state index is 11.0. The molecule has 2 atom stereocenters. The third kappa shape index (κ3) is 6.98. The highest BCUT2D eigenvalue weighted by Crippen LogP contribution is 2.04. The summed E-state index contributed by atoms with van der Waals surface area (Å²) in [7, 11) is -3.08. The average Bonchev–Trinajstić information content (AvgIpc) is 2.00. The van der Waals surface area contributed by atoms with Gasteiger partial charge in [-0.25, -0.2) is 13.1 Å². The van der Waals surface area contributed by atoms with Crippen LogP contribution in [0.5, 0.6) is 0 Å². The fourth-order valence-corrected chi connectivity index (χ4v) is 1.78. The number of nitrogens with one attached hydrogen (secondary N) is 1. The lowest BCUT2D eigenvalue weighted by molar-refractivity contribution is 0.165. The lowest BCUT2D eigenvalue weighted by atomic mass is 10.1. The summed E-state index contributed by atoms with van der Waals surface area (Å²) in [6, 6.07) is 0. The maximum atomic E-state index is 11.0. The van der Waals surface area contributed by atoms with E-state index in [1.807, 2.05) is 6.92 Å². The number of hydrogen-bond acceptors (Lipinski definition) is 3. The first-order chi connectivity index (χ1) is 5.87. The van der Waals surface area contributed by atoms with Gasteiger partial charge in [0.25, 0.3) is 0 Å². The minimum atomic E-state index is -3.08. The van der Waals surface area contributed by atoms with Gasteiger partial charge >= 0.3 is 0 Å². The lowest BCUT2D eigenvalue weighted by Gasteiger charge is -2.13. The van der Waals surface area contributed by atoms with Crippen LogP contribution in [0.4, 0.5) is 0 Å². The second kappa shape index (κ2) is 5.57. The molecule has 2 N–H and O–H groups in total. The molecule has 0 amide bonds. The van der Waals surface area contributed by atoms with Crippen LogP contribution in [0.2, 0.25) is 0 Å². The van der Waals surface area contributed by atoms with Gasteiger partial charge in [0.05, 0.1) is 11.9 Å². The van der Waals surface area contributed by atoms with E-state index in [-0.39, 0.29) is 17.8 Å². The first-order valence-electron chi connectivity index (χ1n) is 4.52. The van der Waals surface area contributed by atoms with Crippen LogP contribution in [-0.2, 0) is 10.0 Å². The Labute approximate surface area is 80.4 Å². The van der Waals surface area contributed by atoms with E-state index in [1.165, 1.54) is 0 Å². The van der Waals surface area contributed by atoms with Crippen molar-refractivity contribution in [3.63, 3.8) is 0 Å². The molecule has 0 rings (SSSR count). The summed E-state index contributed by atoms with van der Waals surface area (Å²) in [6.07, 6.45) is 0.243. The van der Waals surface area contributed by atoms with E-state index in [0.717, 1.165) is 0 Å². The van der Waals surface area contributed by atoms with Crippen LogP contribution >= 0.6 is 0 Å². The number of hydrogen-bond donors (Lipinski definition) is 2. The molecule has 0 aliphatic rings. The monoisotopic (exact) mass is 209 g/mol. The highest BCUT2D eigenvalue weighted by atomic mass is 32.2. The van der Waals surface area contributed by atoms with E-state index in [0.29, 0.717) is 13.0 Å². The molecule has 0 saturated carbocycles. The predicted molar refractivity (Wildman–Crippen MR) is 52.9 cm³/mol. The molecule has 0 radical (unpaired) electrons. The molecule has 0 bridgehead atoms. The Morgan fingerprint density at radius 1 is 1.38 bits per heavy atom. The van der Waals surface area contributed by atoms with Crippen molar-refractivity contribution in [2.45, 2.75) is 33.3 Å². The largest absolute Gasteiger partial charge is 0.393 e. The minimum Gasteiger partial charge on any atom is -0.393 e. The highest BCUT2D eigenvalue weighted by Gasteiger charge is 2.10. The van der Waals surface area contributed by atoms with Crippen molar-refractivity contribution in [2.24, 2.45) is 5.92 Å². The van der Waals surface area contributed by atoms with Gasteiger partial charge in [-0.05, 0) is 26.2 Å². The number of aliphatic hydroxyl groups is 1. The first-order valence-corrected chi connectivity index (χ1v) is 6.18. The summed E-state index contributed by atoms with van der Waals surface area (Å²) in [6.45, 7) is 5.61. The molecule has 13 heavy (non-hydrogen) atoms. The van der Waals surface area contributed by atoms with Crippen LogP contribution in [0.25, 0.3) is 0 Å². The van der Waals surface area contributed by atoms with E-state index in [1.54, 1.807) is 13.8 Å². The summed E-state index contributed by atoms with van der Waals surface area (Å²) in [5, 5.41) is 9.03.